The van der Waals surface area contributed by atoms with Crippen LogP contribution in [0.3, 0.4) is 0 Å². The van der Waals surface area contributed by atoms with Gasteiger partial charge in [-0.1, -0.05) is 6.07 Å². The molecule has 0 unspecified atom stereocenters. The zero-order chi connectivity index (χ0) is 13.1. The van der Waals surface area contributed by atoms with Crippen LogP contribution in [0.15, 0.2) is 23.6 Å². The van der Waals surface area contributed by atoms with Crippen molar-refractivity contribution < 1.29 is 8.78 Å². The maximum atomic E-state index is 13.0. The van der Waals surface area contributed by atoms with Crippen LogP contribution in [-0.2, 0) is 0 Å². The molecule has 0 fully saturated rings. The SMILES string of the molecule is Cc1csc(/C(C#N)=C/c2ccc(F)c(F)c2)n1. The molecule has 2 aromatic rings. The second-order valence-corrected chi connectivity index (χ2v) is 4.50. The fourth-order valence-corrected chi connectivity index (χ4v) is 2.15. The molecule has 1 heterocycles. The molecule has 18 heavy (non-hydrogen) atoms. The van der Waals surface area contributed by atoms with Crippen molar-refractivity contribution in [2.75, 3.05) is 0 Å². The topological polar surface area (TPSA) is 36.7 Å². The van der Waals surface area contributed by atoms with Crippen LogP contribution in [0.4, 0.5) is 8.78 Å². The van der Waals surface area contributed by atoms with Gasteiger partial charge in [-0.15, -0.1) is 11.3 Å². The second-order valence-electron chi connectivity index (χ2n) is 3.64. The Labute approximate surface area is 107 Å². The molecular formula is C13H8F2N2S. The lowest BCUT2D eigenvalue weighted by molar-refractivity contribution is 0.508. The van der Waals surface area contributed by atoms with Gasteiger partial charge in [-0.25, -0.2) is 13.8 Å². The minimum Gasteiger partial charge on any atom is -0.241 e. The molecule has 1 aromatic heterocycles. The Morgan fingerprint density at radius 2 is 2.17 bits per heavy atom. The van der Waals surface area contributed by atoms with Gasteiger partial charge in [0.05, 0.1) is 5.57 Å². The van der Waals surface area contributed by atoms with E-state index in [0.717, 1.165) is 17.8 Å². The van der Waals surface area contributed by atoms with E-state index in [4.69, 9.17) is 5.26 Å². The molecule has 1 aromatic carbocycles. The molecule has 2 rings (SSSR count). The van der Waals surface area contributed by atoms with Crippen molar-refractivity contribution in [3.63, 3.8) is 0 Å². The highest BCUT2D eigenvalue weighted by atomic mass is 32.1. The van der Waals surface area contributed by atoms with Crippen LogP contribution >= 0.6 is 11.3 Å². The van der Waals surface area contributed by atoms with E-state index in [9.17, 15) is 8.78 Å². The lowest BCUT2D eigenvalue weighted by Gasteiger charge is -1.97. The van der Waals surface area contributed by atoms with Gasteiger partial charge in [0.1, 0.15) is 11.1 Å². The van der Waals surface area contributed by atoms with Crippen molar-refractivity contribution >= 4 is 23.0 Å². The summed E-state index contributed by atoms with van der Waals surface area (Å²) >= 11 is 1.34. The molecule has 5 heteroatoms. The van der Waals surface area contributed by atoms with E-state index < -0.39 is 11.6 Å². The first-order valence-electron chi connectivity index (χ1n) is 5.09. The second kappa shape index (κ2) is 5.07. The van der Waals surface area contributed by atoms with E-state index in [1.165, 1.54) is 23.5 Å². The van der Waals surface area contributed by atoms with Gasteiger partial charge < -0.3 is 0 Å². The first-order chi connectivity index (χ1) is 8.60. The summed E-state index contributed by atoms with van der Waals surface area (Å²) in [7, 11) is 0. The normalized spacial score (nSPS) is 11.3. The van der Waals surface area contributed by atoms with Crippen LogP contribution in [-0.4, -0.2) is 4.98 Å². The monoisotopic (exact) mass is 262 g/mol. The first-order valence-corrected chi connectivity index (χ1v) is 5.97. The highest BCUT2D eigenvalue weighted by Crippen LogP contribution is 2.22. The Morgan fingerprint density at radius 3 is 2.72 bits per heavy atom. The van der Waals surface area contributed by atoms with Crippen molar-refractivity contribution in [3.8, 4) is 6.07 Å². The van der Waals surface area contributed by atoms with E-state index in [1.54, 1.807) is 0 Å². The maximum Gasteiger partial charge on any atom is 0.159 e. The van der Waals surface area contributed by atoms with Crippen LogP contribution in [0.2, 0.25) is 0 Å². The number of benzene rings is 1. The fourth-order valence-electron chi connectivity index (χ4n) is 1.39. The third kappa shape index (κ3) is 2.60. The van der Waals surface area contributed by atoms with Gasteiger partial charge in [-0.3, -0.25) is 0 Å². The number of halogens is 2. The van der Waals surface area contributed by atoms with E-state index in [-0.39, 0.29) is 0 Å². The standard InChI is InChI=1S/C13H8F2N2S/c1-8-7-18-13(17-8)10(6-16)4-9-2-3-11(14)12(15)5-9/h2-5,7H,1H3/b10-4+. The van der Waals surface area contributed by atoms with Gasteiger partial charge in [0.2, 0.25) is 0 Å². The fraction of sp³-hybridized carbons (Fsp3) is 0.0769. The van der Waals surface area contributed by atoms with Crippen LogP contribution < -0.4 is 0 Å². The maximum absolute atomic E-state index is 13.0. The lowest BCUT2D eigenvalue weighted by atomic mass is 10.1. The van der Waals surface area contributed by atoms with Gasteiger partial charge in [0.15, 0.2) is 11.6 Å². The number of hydrogen-bond donors (Lipinski definition) is 0. The largest absolute Gasteiger partial charge is 0.241 e. The predicted octanol–water partition coefficient (Wildman–Crippen LogP) is 3.79. The molecule has 0 amide bonds. The Hall–Kier alpha value is -2.06. The number of nitriles is 1. The smallest absolute Gasteiger partial charge is 0.159 e. The van der Waals surface area contributed by atoms with Crippen molar-refractivity contribution in [1.29, 1.82) is 5.26 Å². The van der Waals surface area contributed by atoms with Crippen LogP contribution in [0.5, 0.6) is 0 Å². The number of aromatic nitrogens is 1. The Kier molecular flexibility index (Phi) is 3.49. The Morgan fingerprint density at radius 1 is 1.39 bits per heavy atom. The number of aryl methyl sites for hydroxylation is 1. The molecule has 0 spiro atoms. The summed E-state index contributed by atoms with van der Waals surface area (Å²) in [5.41, 5.74) is 1.58. The molecule has 2 nitrogen and oxygen atoms in total. The van der Waals surface area contributed by atoms with Crippen LogP contribution in [0.1, 0.15) is 16.3 Å². The molecule has 0 radical (unpaired) electrons. The zero-order valence-electron chi connectivity index (χ0n) is 9.45. The quantitative estimate of drug-likeness (QED) is 0.772. The average molecular weight is 262 g/mol. The highest BCUT2D eigenvalue weighted by molar-refractivity contribution is 7.11. The minimum absolute atomic E-state index is 0.333. The van der Waals surface area contributed by atoms with Crippen LogP contribution in [0.25, 0.3) is 11.6 Å². The molecule has 0 aliphatic heterocycles. The van der Waals surface area contributed by atoms with E-state index in [2.05, 4.69) is 4.98 Å². The third-order valence-electron chi connectivity index (χ3n) is 2.22. The average Bonchev–Trinajstić information content (AvgIpc) is 2.77. The Bertz CT molecular complexity index is 653. The van der Waals surface area contributed by atoms with E-state index in [1.807, 2.05) is 18.4 Å². The van der Waals surface area contributed by atoms with E-state index in [0.29, 0.717) is 16.1 Å². The summed E-state index contributed by atoms with van der Waals surface area (Å²) < 4.78 is 25.8. The molecule has 90 valence electrons. The third-order valence-corrected chi connectivity index (χ3v) is 3.22. The summed E-state index contributed by atoms with van der Waals surface area (Å²) in [6.07, 6.45) is 1.49. The Balaban J connectivity index is 2.41. The predicted molar refractivity (Wildman–Crippen MR) is 66.7 cm³/mol. The number of hydrogen-bond acceptors (Lipinski definition) is 3. The molecule has 0 saturated heterocycles. The molecule has 0 aliphatic rings. The lowest BCUT2D eigenvalue weighted by Crippen LogP contribution is -1.86. The first kappa shape index (κ1) is 12.4. The summed E-state index contributed by atoms with van der Waals surface area (Å²) in [6, 6.07) is 5.50. The van der Waals surface area contributed by atoms with Crippen molar-refractivity contribution in [3.05, 3.63) is 51.5 Å². The zero-order valence-corrected chi connectivity index (χ0v) is 10.3. The van der Waals surface area contributed by atoms with Crippen molar-refractivity contribution in [2.24, 2.45) is 0 Å². The van der Waals surface area contributed by atoms with Gasteiger partial charge in [0, 0.05) is 11.1 Å². The van der Waals surface area contributed by atoms with Gasteiger partial charge in [0.25, 0.3) is 0 Å². The molecular weight excluding hydrogens is 254 g/mol. The molecule has 0 aliphatic carbocycles. The summed E-state index contributed by atoms with van der Waals surface area (Å²) in [5.74, 6) is -1.84. The van der Waals surface area contributed by atoms with Crippen molar-refractivity contribution in [1.82, 2.24) is 4.98 Å². The molecule has 0 bridgehead atoms. The molecule has 0 N–H and O–H groups in total. The van der Waals surface area contributed by atoms with Gasteiger partial charge in [-0.05, 0) is 30.7 Å². The minimum atomic E-state index is -0.934. The number of rotatable bonds is 2. The number of allylic oxidation sites excluding steroid dienone is 1. The summed E-state index contributed by atoms with van der Waals surface area (Å²) in [5, 5.41) is 11.4. The number of thiazole rings is 1. The molecule has 0 saturated carbocycles. The summed E-state index contributed by atoms with van der Waals surface area (Å²) in [6.45, 7) is 1.83. The number of nitrogens with zero attached hydrogens (tertiary/aromatic N) is 2. The van der Waals surface area contributed by atoms with E-state index >= 15 is 0 Å². The molecule has 0 atom stereocenters. The van der Waals surface area contributed by atoms with Gasteiger partial charge in [-0.2, -0.15) is 5.26 Å². The van der Waals surface area contributed by atoms with Crippen LogP contribution in [0, 0.1) is 29.9 Å². The van der Waals surface area contributed by atoms with Crippen molar-refractivity contribution in [2.45, 2.75) is 6.92 Å². The van der Waals surface area contributed by atoms with Gasteiger partial charge >= 0.3 is 0 Å². The highest BCUT2D eigenvalue weighted by Gasteiger charge is 2.07. The summed E-state index contributed by atoms with van der Waals surface area (Å²) in [4.78, 5) is 4.18.